The summed E-state index contributed by atoms with van der Waals surface area (Å²) in [5, 5.41) is 98.4. The monoisotopic (exact) mass is 921 g/mol. The van der Waals surface area contributed by atoms with Gasteiger partial charge in [-0.1, -0.05) is 11.6 Å². The zero-order valence-corrected chi connectivity index (χ0v) is 36.6. The predicted molar refractivity (Wildman–Crippen MR) is 228 cm³/mol. The van der Waals surface area contributed by atoms with Crippen molar-refractivity contribution < 1.29 is 74.7 Å². The van der Waals surface area contributed by atoms with Crippen LogP contribution in [-0.2, 0) is 25.6 Å². The number of phenols is 2. The molecule has 0 saturated heterocycles. The molecule has 2 aromatic rings. The minimum Gasteiger partial charge on any atom is -0.510 e. The van der Waals surface area contributed by atoms with Gasteiger partial charge in [0.25, 0.3) is 11.8 Å². The highest BCUT2D eigenvalue weighted by Gasteiger charge is 2.65. The standard InChI is InChI=1S/C23H27N3O7.C21H21ClN2O8/c1-25(2)12-5-6-13(27)15-10(12)7-9-8-11-17(26(3)4)19(29)16(22(24)32)21(31)23(11,33)20(30)14(9)18(15)28;1-24(2)14-7-5-6-10(16(27)12-9(25)4-3-8(22)11(12)15(6)26)18(29)21(7,32)19(30)13(17(14)28)20(23)31/h5-6,9,11,17,27,29-30,33H,7-8H2,1-4H3,(H2,24,32);3-4,6-7,14-15,25-26,28-29,32H,5H2,1-2H3,(H2,23,31)/t9-,11-,17-,23-;6-,7-,14-,15-,21-/m00/s1. The van der Waals surface area contributed by atoms with Gasteiger partial charge in [0.1, 0.15) is 45.7 Å². The Morgan fingerprint density at radius 3 is 1.60 bits per heavy atom. The fraction of sp³-hybridized carbons (Fsp3) is 0.409. The van der Waals surface area contributed by atoms with Crippen LogP contribution < -0.4 is 16.4 Å². The number of phenolic OH excluding ortho intramolecular Hbond substituents is 2. The highest BCUT2D eigenvalue weighted by atomic mass is 35.5. The second-order valence-corrected chi connectivity index (χ2v) is 18.2. The quantitative estimate of drug-likeness (QED) is 0.181. The summed E-state index contributed by atoms with van der Waals surface area (Å²) in [5.74, 6) is -14.7. The summed E-state index contributed by atoms with van der Waals surface area (Å²) in [4.78, 5) is 81.7. The summed E-state index contributed by atoms with van der Waals surface area (Å²) < 4.78 is 0. The van der Waals surface area contributed by atoms with Crippen molar-refractivity contribution in [2.45, 2.75) is 48.7 Å². The Kier molecular flexibility index (Phi) is 11.3. The van der Waals surface area contributed by atoms with Crippen molar-refractivity contribution in [1.82, 2.24) is 9.80 Å². The average Bonchev–Trinajstić information content (AvgIpc) is 3.20. The number of Topliss-reactive ketones (excluding diaryl/α,β-unsaturated/α-hetero) is 4. The number of ketones is 4. The van der Waals surface area contributed by atoms with Crippen molar-refractivity contribution in [2.75, 3.05) is 47.2 Å². The summed E-state index contributed by atoms with van der Waals surface area (Å²) in [6.07, 6.45) is -1.38. The summed E-state index contributed by atoms with van der Waals surface area (Å²) in [6.45, 7) is 0. The summed E-state index contributed by atoms with van der Waals surface area (Å²) in [7, 11) is 9.81. The Hall–Kier alpha value is -6.29. The van der Waals surface area contributed by atoms with Crippen LogP contribution in [0.3, 0.4) is 0 Å². The van der Waals surface area contributed by atoms with E-state index in [0.29, 0.717) is 5.56 Å². The third-order valence-corrected chi connectivity index (χ3v) is 14.0. The van der Waals surface area contributed by atoms with E-state index in [1.54, 1.807) is 39.2 Å². The first-order chi connectivity index (χ1) is 30.2. The Morgan fingerprint density at radius 1 is 0.677 bits per heavy atom. The highest BCUT2D eigenvalue weighted by Crippen LogP contribution is 2.56. The van der Waals surface area contributed by atoms with E-state index in [1.165, 1.54) is 36.0 Å². The molecule has 0 bridgehead atoms. The number of aliphatic hydroxyl groups excluding tert-OH is 5. The minimum atomic E-state index is -2.77. The van der Waals surface area contributed by atoms with Gasteiger partial charge in [-0.2, -0.15) is 0 Å². The summed E-state index contributed by atoms with van der Waals surface area (Å²) >= 11 is 6.17. The molecular formula is C44H48ClN5O15. The number of anilines is 1. The van der Waals surface area contributed by atoms with E-state index in [1.807, 2.05) is 0 Å². The first-order valence-electron chi connectivity index (χ1n) is 20.2. The van der Waals surface area contributed by atoms with Gasteiger partial charge < -0.3 is 62.3 Å². The van der Waals surface area contributed by atoms with Gasteiger partial charge in [0, 0.05) is 59.3 Å². The van der Waals surface area contributed by atoms with Gasteiger partial charge in [0.15, 0.2) is 22.8 Å². The van der Waals surface area contributed by atoms with Crippen LogP contribution in [-0.4, -0.2) is 156 Å². The van der Waals surface area contributed by atoms with Crippen molar-refractivity contribution in [3.63, 3.8) is 0 Å². The van der Waals surface area contributed by atoms with E-state index in [2.05, 4.69) is 0 Å². The van der Waals surface area contributed by atoms with Crippen molar-refractivity contribution in [3.8, 4) is 11.5 Å². The largest absolute Gasteiger partial charge is 0.510 e. The fourth-order valence-corrected chi connectivity index (χ4v) is 11.2. The minimum absolute atomic E-state index is 0.00184. The lowest BCUT2D eigenvalue weighted by Crippen LogP contribution is -2.64. The van der Waals surface area contributed by atoms with Crippen LogP contribution in [0.15, 0.2) is 69.6 Å². The van der Waals surface area contributed by atoms with Gasteiger partial charge in [-0.05, 0) is 83.2 Å². The number of likely N-dealkylation sites (N-methyl/N-ethyl adjacent to an activating group) is 2. The fourth-order valence-electron chi connectivity index (χ4n) is 10.9. The second-order valence-electron chi connectivity index (χ2n) is 17.8. The number of aliphatic hydroxyl groups is 7. The summed E-state index contributed by atoms with van der Waals surface area (Å²) in [6, 6.07) is 3.37. The van der Waals surface area contributed by atoms with Crippen LogP contribution in [0.5, 0.6) is 11.5 Å². The molecule has 0 heterocycles. The van der Waals surface area contributed by atoms with E-state index < -0.39 is 134 Å². The number of hydrogen-bond acceptors (Lipinski definition) is 18. The Labute approximate surface area is 375 Å². The maximum atomic E-state index is 13.5. The molecule has 346 valence electrons. The van der Waals surface area contributed by atoms with Gasteiger partial charge in [-0.25, -0.2) is 0 Å². The zero-order chi connectivity index (χ0) is 48.4. The molecule has 6 aliphatic carbocycles. The third kappa shape index (κ3) is 6.37. The van der Waals surface area contributed by atoms with Crippen LogP contribution in [0.25, 0.3) is 0 Å². The Balaban J connectivity index is 0.000000194. The number of primary amides is 2. The van der Waals surface area contributed by atoms with Gasteiger partial charge in [0.2, 0.25) is 11.6 Å². The van der Waals surface area contributed by atoms with Crippen LogP contribution in [0.4, 0.5) is 5.69 Å². The lowest BCUT2D eigenvalue weighted by molar-refractivity contribution is -0.150. The van der Waals surface area contributed by atoms with Crippen molar-refractivity contribution >= 4 is 52.2 Å². The predicted octanol–water partition coefficient (Wildman–Crippen LogP) is 0.452. The number of nitrogens with two attached hydrogens (primary N) is 2. The molecule has 0 fully saturated rings. The van der Waals surface area contributed by atoms with Gasteiger partial charge >= 0.3 is 0 Å². The molecule has 13 N–H and O–H groups in total. The number of carbonyl (C=O) groups is 6. The maximum absolute atomic E-state index is 13.5. The molecular weight excluding hydrogens is 874 g/mol. The molecule has 6 aliphatic rings. The number of carbonyl (C=O) groups excluding carboxylic acids is 6. The molecule has 2 amide bonds. The molecule has 2 aromatic carbocycles. The van der Waals surface area contributed by atoms with E-state index in [4.69, 9.17) is 23.1 Å². The maximum Gasteiger partial charge on any atom is 0.255 e. The number of fused-ring (bicyclic) bond motifs is 6. The van der Waals surface area contributed by atoms with Gasteiger partial charge in [-0.3, -0.25) is 38.6 Å². The lowest BCUT2D eigenvalue weighted by Gasteiger charge is -2.50. The summed E-state index contributed by atoms with van der Waals surface area (Å²) in [5.41, 5.74) is 3.76. The smallest absolute Gasteiger partial charge is 0.255 e. The number of aromatic hydroxyl groups is 2. The SMILES string of the molecule is CN(C)[C@@H]1C(O)=C(C(N)=O)C(=O)[C@@]2(O)C(O)=C3C(=O)c4c(O)ccc(Cl)c4[C@@H](O)[C@H]3C[C@@H]12.CN(C)c1ccc(O)c2c1C[C@H]1C[C@H]3[C@H](N(C)C)C(O)=C(C(N)=O)C(=O)[C@@]3(O)C(O)=C1C2=O. The molecule has 21 heteroatoms. The van der Waals surface area contributed by atoms with Gasteiger partial charge in [-0.15, -0.1) is 0 Å². The van der Waals surface area contributed by atoms with Crippen molar-refractivity contribution in [1.29, 1.82) is 0 Å². The Bertz CT molecular complexity index is 2690. The van der Waals surface area contributed by atoms with E-state index >= 15 is 0 Å². The normalized spacial score (nSPS) is 30.6. The number of halogens is 1. The van der Waals surface area contributed by atoms with Crippen molar-refractivity contribution in [2.24, 2.45) is 35.1 Å². The van der Waals surface area contributed by atoms with Crippen LogP contribution in [0.2, 0.25) is 5.02 Å². The number of benzene rings is 2. The number of hydrogen-bond donors (Lipinski definition) is 11. The molecule has 0 spiro atoms. The zero-order valence-electron chi connectivity index (χ0n) is 35.8. The molecule has 9 atom stereocenters. The molecule has 0 aliphatic heterocycles. The molecule has 0 unspecified atom stereocenters. The van der Waals surface area contributed by atoms with Crippen molar-refractivity contribution in [3.05, 3.63) is 96.9 Å². The molecule has 8 rings (SSSR count). The van der Waals surface area contributed by atoms with Crippen LogP contribution >= 0.6 is 11.6 Å². The first kappa shape index (κ1) is 46.7. The second kappa shape index (κ2) is 15.7. The van der Waals surface area contributed by atoms with E-state index in [9.17, 15) is 74.7 Å². The topological polar surface area (TPSA) is 346 Å². The third-order valence-electron chi connectivity index (χ3n) is 13.7. The number of amides is 2. The first-order valence-corrected chi connectivity index (χ1v) is 20.6. The number of rotatable bonds is 5. The van der Waals surface area contributed by atoms with E-state index in [-0.39, 0.29) is 52.3 Å². The number of nitrogens with zero attached hydrogens (tertiary/aromatic N) is 3. The number of allylic oxidation sites excluding steroid dienone is 1. The molecule has 20 nitrogen and oxygen atoms in total. The highest BCUT2D eigenvalue weighted by molar-refractivity contribution is 6.33. The lowest BCUT2D eigenvalue weighted by atomic mass is 9.58. The molecule has 65 heavy (non-hydrogen) atoms. The molecule has 0 aromatic heterocycles. The van der Waals surface area contributed by atoms with Crippen LogP contribution in [0, 0.1) is 23.7 Å². The average molecular weight is 922 g/mol. The Morgan fingerprint density at radius 2 is 1.12 bits per heavy atom. The van der Waals surface area contributed by atoms with Gasteiger partial charge in [0.05, 0.1) is 29.3 Å². The van der Waals surface area contributed by atoms with Crippen LogP contribution in [0.1, 0.15) is 50.8 Å². The molecule has 0 saturated carbocycles. The molecule has 0 radical (unpaired) electrons. The van der Waals surface area contributed by atoms with E-state index in [0.717, 1.165) is 11.8 Å².